The molecule has 1 aliphatic heterocycles. The average Bonchev–Trinajstić information content (AvgIpc) is 3.07. The Hall–Kier alpha value is -1.88. The predicted octanol–water partition coefficient (Wildman–Crippen LogP) is 1.79. The highest BCUT2D eigenvalue weighted by molar-refractivity contribution is 14.0. The third kappa shape index (κ3) is 5.81. The van der Waals surface area contributed by atoms with Crippen LogP contribution in [0.15, 0.2) is 29.3 Å². The van der Waals surface area contributed by atoms with Gasteiger partial charge in [0.1, 0.15) is 12.4 Å². The molecule has 0 saturated carbocycles. The monoisotopic (exact) mass is 499 g/mol. The van der Waals surface area contributed by atoms with E-state index < -0.39 is 0 Å². The van der Waals surface area contributed by atoms with Crippen molar-refractivity contribution >= 4 is 35.6 Å². The molecule has 1 unspecified atom stereocenters. The summed E-state index contributed by atoms with van der Waals surface area (Å²) in [6.45, 7) is 1.96. The summed E-state index contributed by atoms with van der Waals surface area (Å²) in [6, 6.07) is 8.79. The molecule has 0 amide bonds. The van der Waals surface area contributed by atoms with Gasteiger partial charge in [0.2, 0.25) is 0 Å². The molecule has 0 bridgehead atoms. The van der Waals surface area contributed by atoms with Crippen LogP contribution in [0.1, 0.15) is 23.6 Å². The number of benzene rings is 1. The molecule has 2 aromatic rings. The van der Waals surface area contributed by atoms with E-state index in [0.29, 0.717) is 6.61 Å². The third-order valence-corrected chi connectivity index (χ3v) is 4.65. The van der Waals surface area contributed by atoms with Crippen molar-refractivity contribution in [3.05, 3.63) is 41.5 Å². The van der Waals surface area contributed by atoms with Gasteiger partial charge in [0.25, 0.3) is 0 Å². The average molecular weight is 499 g/mol. The minimum absolute atomic E-state index is 0. The molecule has 2 N–H and O–H groups in total. The van der Waals surface area contributed by atoms with Crippen LogP contribution in [-0.4, -0.2) is 55.0 Å². The number of hydrogen-bond donors (Lipinski definition) is 2. The van der Waals surface area contributed by atoms with Crippen LogP contribution >= 0.6 is 24.0 Å². The molecule has 1 aromatic carbocycles. The number of methoxy groups -OCH3 is 1. The van der Waals surface area contributed by atoms with Gasteiger partial charge in [-0.2, -0.15) is 5.10 Å². The Kier molecular flexibility index (Phi) is 8.49. The van der Waals surface area contributed by atoms with Crippen molar-refractivity contribution in [2.24, 2.45) is 4.99 Å². The topological polar surface area (TPSA) is 79.6 Å². The van der Waals surface area contributed by atoms with Crippen molar-refractivity contribution < 1.29 is 4.74 Å². The van der Waals surface area contributed by atoms with Crippen LogP contribution in [-0.2, 0) is 30.9 Å². The van der Waals surface area contributed by atoms with E-state index >= 15 is 0 Å². The molecule has 9 heteroatoms. The highest BCUT2D eigenvalue weighted by Gasteiger charge is 2.22. The van der Waals surface area contributed by atoms with Gasteiger partial charge >= 0.3 is 0 Å². The standard InChI is InChI=1S/C19H29N7O.HI/c1-20-19(21-11-14-5-8-16(9-6-14)25(2)3)22-15-7-10-18-23-17(13-27-4)24-26(18)12-15;/h5-6,8-9,15H,7,10-13H2,1-4H3,(H2,20,21,22);1H. The number of aryl methyl sites for hydroxylation is 1. The van der Waals surface area contributed by atoms with E-state index in [-0.39, 0.29) is 30.0 Å². The van der Waals surface area contributed by atoms with E-state index in [0.717, 1.165) is 43.5 Å². The molecule has 0 aliphatic carbocycles. The van der Waals surface area contributed by atoms with Crippen LogP contribution in [0.4, 0.5) is 5.69 Å². The van der Waals surface area contributed by atoms with E-state index in [2.05, 4.69) is 54.9 Å². The first-order valence-electron chi connectivity index (χ1n) is 9.24. The van der Waals surface area contributed by atoms with E-state index in [1.165, 1.54) is 11.3 Å². The number of halogens is 1. The second-order valence-corrected chi connectivity index (χ2v) is 6.93. The minimum atomic E-state index is 0. The number of ether oxygens (including phenoxy) is 1. The Morgan fingerprint density at radius 3 is 2.71 bits per heavy atom. The normalized spacial score (nSPS) is 16.1. The molecular formula is C19H30IN7O. The Bertz CT molecular complexity index is 773. The van der Waals surface area contributed by atoms with Crippen molar-refractivity contribution in [1.82, 2.24) is 25.4 Å². The molecule has 0 spiro atoms. The van der Waals surface area contributed by atoms with Gasteiger partial charge in [-0.1, -0.05) is 12.1 Å². The Morgan fingerprint density at radius 1 is 1.32 bits per heavy atom. The summed E-state index contributed by atoms with van der Waals surface area (Å²) in [7, 11) is 7.54. The van der Waals surface area contributed by atoms with E-state index in [1.807, 2.05) is 18.8 Å². The Balaban J connectivity index is 0.00000280. The maximum atomic E-state index is 5.12. The zero-order valence-electron chi connectivity index (χ0n) is 17.0. The van der Waals surface area contributed by atoms with E-state index in [1.54, 1.807) is 14.2 Å². The van der Waals surface area contributed by atoms with Gasteiger partial charge in [-0.3, -0.25) is 4.99 Å². The van der Waals surface area contributed by atoms with Crippen LogP contribution in [0.3, 0.4) is 0 Å². The number of nitrogens with one attached hydrogen (secondary N) is 2. The molecule has 1 aliphatic rings. The predicted molar refractivity (Wildman–Crippen MR) is 122 cm³/mol. The molecule has 3 rings (SSSR count). The van der Waals surface area contributed by atoms with Crippen molar-refractivity contribution in [2.75, 3.05) is 33.2 Å². The first-order valence-corrected chi connectivity index (χ1v) is 9.24. The fourth-order valence-electron chi connectivity index (χ4n) is 3.15. The van der Waals surface area contributed by atoms with Gasteiger partial charge < -0.3 is 20.3 Å². The van der Waals surface area contributed by atoms with Gasteiger partial charge in [-0.15, -0.1) is 24.0 Å². The number of aromatic nitrogens is 3. The van der Waals surface area contributed by atoms with E-state index in [9.17, 15) is 0 Å². The summed E-state index contributed by atoms with van der Waals surface area (Å²) >= 11 is 0. The maximum Gasteiger partial charge on any atom is 0.191 e. The smallest absolute Gasteiger partial charge is 0.191 e. The summed E-state index contributed by atoms with van der Waals surface area (Å²) in [5, 5.41) is 11.4. The van der Waals surface area contributed by atoms with Crippen LogP contribution in [0.25, 0.3) is 0 Å². The molecule has 1 atom stereocenters. The van der Waals surface area contributed by atoms with Gasteiger partial charge in [0, 0.05) is 52.9 Å². The lowest BCUT2D eigenvalue weighted by Crippen LogP contribution is -2.46. The molecule has 2 heterocycles. The van der Waals surface area contributed by atoms with Crippen molar-refractivity contribution in [2.45, 2.75) is 38.6 Å². The zero-order valence-corrected chi connectivity index (χ0v) is 19.3. The lowest BCUT2D eigenvalue weighted by molar-refractivity contribution is 0.177. The lowest BCUT2D eigenvalue weighted by Gasteiger charge is -2.25. The fourth-order valence-corrected chi connectivity index (χ4v) is 3.15. The van der Waals surface area contributed by atoms with Gasteiger partial charge in [-0.25, -0.2) is 9.67 Å². The number of rotatable bonds is 6. The fraction of sp³-hybridized carbons (Fsp3) is 0.526. The molecule has 28 heavy (non-hydrogen) atoms. The molecule has 8 nitrogen and oxygen atoms in total. The molecule has 1 aromatic heterocycles. The second-order valence-electron chi connectivity index (χ2n) is 6.93. The van der Waals surface area contributed by atoms with Gasteiger partial charge in [0.15, 0.2) is 11.8 Å². The highest BCUT2D eigenvalue weighted by atomic mass is 127. The van der Waals surface area contributed by atoms with Crippen LogP contribution in [0.5, 0.6) is 0 Å². The minimum Gasteiger partial charge on any atom is -0.378 e. The van der Waals surface area contributed by atoms with Gasteiger partial charge in [0.05, 0.1) is 6.54 Å². The summed E-state index contributed by atoms with van der Waals surface area (Å²) in [6.07, 6.45) is 1.90. The Labute approximate surface area is 183 Å². The van der Waals surface area contributed by atoms with Crippen LogP contribution in [0, 0.1) is 0 Å². The number of anilines is 1. The zero-order chi connectivity index (χ0) is 19.2. The first-order chi connectivity index (χ1) is 13.1. The second kappa shape index (κ2) is 10.6. The largest absolute Gasteiger partial charge is 0.378 e. The number of guanidine groups is 1. The quantitative estimate of drug-likeness (QED) is 0.359. The van der Waals surface area contributed by atoms with Gasteiger partial charge in [-0.05, 0) is 24.1 Å². The Morgan fingerprint density at radius 2 is 2.07 bits per heavy atom. The summed E-state index contributed by atoms with van der Waals surface area (Å²) < 4.78 is 7.10. The summed E-state index contributed by atoms with van der Waals surface area (Å²) in [5.74, 6) is 2.58. The van der Waals surface area contributed by atoms with Crippen molar-refractivity contribution in [1.29, 1.82) is 0 Å². The summed E-state index contributed by atoms with van der Waals surface area (Å²) in [4.78, 5) is 11.0. The molecule has 0 saturated heterocycles. The number of nitrogens with zero attached hydrogens (tertiary/aromatic N) is 5. The maximum absolute atomic E-state index is 5.12. The third-order valence-electron chi connectivity index (χ3n) is 4.65. The number of aliphatic imine (C=N–C) groups is 1. The molecule has 0 radical (unpaired) electrons. The van der Waals surface area contributed by atoms with Crippen LogP contribution in [0.2, 0.25) is 0 Å². The molecule has 0 fully saturated rings. The molecule has 154 valence electrons. The van der Waals surface area contributed by atoms with E-state index in [4.69, 9.17) is 4.74 Å². The van der Waals surface area contributed by atoms with Crippen LogP contribution < -0.4 is 15.5 Å². The summed E-state index contributed by atoms with van der Waals surface area (Å²) in [5.41, 5.74) is 2.41. The first kappa shape index (κ1) is 22.4. The highest BCUT2D eigenvalue weighted by Crippen LogP contribution is 2.14. The SMILES string of the molecule is CN=C(NCc1ccc(N(C)C)cc1)NC1CCc2nc(COC)nn2C1.I. The van der Waals surface area contributed by atoms with Crippen molar-refractivity contribution in [3.63, 3.8) is 0 Å². The number of fused-ring (bicyclic) bond motifs is 1. The lowest BCUT2D eigenvalue weighted by atomic mass is 10.1. The van der Waals surface area contributed by atoms with Crippen molar-refractivity contribution in [3.8, 4) is 0 Å². The number of hydrogen-bond acceptors (Lipinski definition) is 5. The molecular weight excluding hydrogens is 469 g/mol.